The number of halogens is 2. The van der Waals surface area contributed by atoms with E-state index >= 15 is 0 Å². The molecule has 9 heteroatoms. The first-order valence-electron chi connectivity index (χ1n) is 14.3. The van der Waals surface area contributed by atoms with Crippen molar-refractivity contribution >= 4 is 50.5 Å². The molecular formula is C34H35Cl2N3O3S. The Labute approximate surface area is 264 Å². The van der Waals surface area contributed by atoms with Crippen LogP contribution < -0.4 is 4.31 Å². The SMILES string of the molecule is [C-]#[N+]c1cccc(N(C[C@H](C2CC2)N2C(=O)[C@@](C)(CC=C)CC(c3cccc(Cl)c3)[C@H]2c2ccc(Cl)cc2)S(C)(=O)=O)c1. The van der Waals surface area contributed by atoms with Crippen molar-refractivity contribution < 1.29 is 13.2 Å². The van der Waals surface area contributed by atoms with Crippen LogP contribution in [0.15, 0.2) is 85.5 Å². The fourth-order valence-corrected chi connectivity index (χ4v) is 7.76. The fraction of sp³-hybridized carbons (Fsp3) is 0.353. The minimum Gasteiger partial charge on any atom is -0.329 e. The number of benzene rings is 3. The summed E-state index contributed by atoms with van der Waals surface area (Å²) in [7, 11) is -3.76. The molecule has 6 nitrogen and oxygen atoms in total. The molecule has 0 spiro atoms. The third kappa shape index (κ3) is 6.62. The number of allylic oxidation sites excluding steroid dienone is 1. The number of likely N-dealkylation sites (tertiary alicyclic amines) is 1. The van der Waals surface area contributed by atoms with Gasteiger partial charge in [0, 0.05) is 21.7 Å². The van der Waals surface area contributed by atoms with Crippen molar-refractivity contribution in [3.05, 3.63) is 118 Å². The van der Waals surface area contributed by atoms with E-state index in [0.717, 1.165) is 24.0 Å². The summed E-state index contributed by atoms with van der Waals surface area (Å²) in [5.41, 5.74) is 1.94. The predicted octanol–water partition coefficient (Wildman–Crippen LogP) is 8.43. The molecule has 0 N–H and O–H groups in total. The van der Waals surface area contributed by atoms with E-state index in [1.165, 1.54) is 10.6 Å². The molecule has 2 fully saturated rings. The van der Waals surface area contributed by atoms with Crippen LogP contribution in [-0.2, 0) is 14.8 Å². The molecular weight excluding hydrogens is 601 g/mol. The molecule has 2 aliphatic rings. The third-order valence-electron chi connectivity index (χ3n) is 8.71. The van der Waals surface area contributed by atoms with Crippen LogP contribution in [0.5, 0.6) is 0 Å². The lowest BCUT2D eigenvalue weighted by Gasteiger charge is -2.53. The van der Waals surface area contributed by atoms with E-state index in [0.29, 0.717) is 34.3 Å². The van der Waals surface area contributed by atoms with Crippen molar-refractivity contribution in [1.82, 2.24) is 4.90 Å². The van der Waals surface area contributed by atoms with E-state index in [4.69, 9.17) is 29.8 Å². The number of carbonyl (C=O) groups excluding carboxylic acids is 1. The average molecular weight is 637 g/mol. The van der Waals surface area contributed by atoms with Gasteiger partial charge in [0.1, 0.15) is 0 Å². The van der Waals surface area contributed by atoms with Crippen molar-refractivity contribution in [3.8, 4) is 0 Å². The lowest BCUT2D eigenvalue weighted by atomic mass is 9.67. The van der Waals surface area contributed by atoms with Crippen molar-refractivity contribution in [2.45, 2.75) is 50.6 Å². The van der Waals surface area contributed by atoms with Gasteiger partial charge >= 0.3 is 0 Å². The minimum absolute atomic E-state index is 0.0223. The largest absolute Gasteiger partial charge is 0.329 e. The van der Waals surface area contributed by atoms with Crippen LogP contribution in [0.25, 0.3) is 4.85 Å². The Balaban J connectivity index is 1.70. The quantitative estimate of drug-likeness (QED) is 0.166. The highest BCUT2D eigenvalue weighted by Crippen LogP contribution is 2.54. The van der Waals surface area contributed by atoms with Crippen LogP contribution in [0.2, 0.25) is 10.0 Å². The number of nitrogens with zero attached hydrogens (tertiary/aromatic N) is 3. The van der Waals surface area contributed by atoms with Crippen LogP contribution in [0.1, 0.15) is 55.7 Å². The number of hydrogen-bond donors (Lipinski definition) is 0. The Kier molecular flexibility index (Phi) is 8.94. The summed E-state index contributed by atoms with van der Waals surface area (Å²) >= 11 is 12.8. The Morgan fingerprint density at radius 1 is 1.07 bits per heavy atom. The first-order valence-corrected chi connectivity index (χ1v) is 17.0. The highest BCUT2D eigenvalue weighted by molar-refractivity contribution is 7.92. The average Bonchev–Trinajstić information content (AvgIpc) is 3.81. The Morgan fingerprint density at radius 3 is 2.37 bits per heavy atom. The molecule has 0 bridgehead atoms. The molecule has 4 atom stereocenters. The summed E-state index contributed by atoms with van der Waals surface area (Å²) in [6.45, 7) is 13.5. The first-order chi connectivity index (χ1) is 20.4. The zero-order valence-electron chi connectivity index (χ0n) is 24.3. The summed E-state index contributed by atoms with van der Waals surface area (Å²) in [6.07, 6.45) is 5.80. The summed E-state index contributed by atoms with van der Waals surface area (Å²) in [5.74, 6) is -0.0232. The van der Waals surface area contributed by atoms with Crippen molar-refractivity contribution in [2.24, 2.45) is 11.3 Å². The number of sulfonamides is 1. The molecule has 5 rings (SSSR count). The normalized spacial score (nSPS) is 23.0. The maximum Gasteiger partial charge on any atom is 0.232 e. The van der Waals surface area contributed by atoms with Gasteiger partial charge in [-0.15, -0.1) is 6.58 Å². The zero-order valence-corrected chi connectivity index (χ0v) is 26.6. The zero-order chi connectivity index (χ0) is 30.9. The minimum atomic E-state index is -3.76. The lowest BCUT2D eigenvalue weighted by Crippen LogP contribution is -2.59. The highest BCUT2D eigenvalue weighted by Gasteiger charge is 2.54. The summed E-state index contributed by atoms with van der Waals surface area (Å²) in [6, 6.07) is 21.2. The van der Waals surface area contributed by atoms with E-state index in [1.807, 2.05) is 60.4 Å². The molecule has 3 aromatic rings. The van der Waals surface area contributed by atoms with E-state index in [1.54, 1.807) is 30.3 Å². The molecule has 224 valence electrons. The predicted molar refractivity (Wildman–Crippen MR) is 174 cm³/mol. The summed E-state index contributed by atoms with van der Waals surface area (Å²) in [5, 5.41) is 1.21. The van der Waals surface area contributed by atoms with Gasteiger partial charge in [-0.1, -0.05) is 72.6 Å². The summed E-state index contributed by atoms with van der Waals surface area (Å²) < 4.78 is 28.0. The maximum atomic E-state index is 14.8. The molecule has 1 saturated heterocycles. The molecule has 1 aliphatic heterocycles. The number of anilines is 1. The maximum absolute atomic E-state index is 14.8. The van der Waals surface area contributed by atoms with Gasteiger partial charge in [-0.3, -0.25) is 9.10 Å². The molecule has 3 aromatic carbocycles. The molecule has 0 aromatic heterocycles. The van der Waals surface area contributed by atoms with Crippen LogP contribution in [-0.4, -0.2) is 38.1 Å². The number of rotatable bonds is 10. The Morgan fingerprint density at radius 2 is 1.77 bits per heavy atom. The van der Waals surface area contributed by atoms with Crippen LogP contribution in [0.3, 0.4) is 0 Å². The summed E-state index contributed by atoms with van der Waals surface area (Å²) in [4.78, 5) is 20.3. The number of piperidine rings is 1. The number of amides is 1. The van der Waals surface area contributed by atoms with Crippen molar-refractivity contribution in [1.29, 1.82) is 0 Å². The third-order valence-corrected chi connectivity index (χ3v) is 10.4. The van der Waals surface area contributed by atoms with Gasteiger partial charge in [0.05, 0.1) is 36.9 Å². The van der Waals surface area contributed by atoms with Crippen LogP contribution in [0, 0.1) is 17.9 Å². The van der Waals surface area contributed by atoms with Gasteiger partial charge in [0.25, 0.3) is 0 Å². The monoisotopic (exact) mass is 635 g/mol. The van der Waals surface area contributed by atoms with Gasteiger partial charge in [-0.25, -0.2) is 13.3 Å². The second-order valence-corrected chi connectivity index (χ2v) is 14.7. The van der Waals surface area contributed by atoms with Crippen molar-refractivity contribution in [2.75, 3.05) is 17.1 Å². The fourth-order valence-electron chi connectivity index (χ4n) is 6.52. The lowest BCUT2D eigenvalue weighted by molar-refractivity contribution is -0.154. The van der Waals surface area contributed by atoms with Gasteiger partial charge in [-0.2, -0.15) is 0 Å². The van der Waals surface area contributed by atoms with E-state index in [9.17, 15) is 13.2 Å². The Bertz CT molecular complexity index is 1670. The Hall–Kier alpha value is -3.31. The molecule has 0 radical (unpaired) electrons. The van der Waals surface area contributed by atoms with Crippen LogP contribution in [0.4, 0.5) is 11.4 Å². The smallest absolute Gasteiger partial charge is 0.232 e. The van der Waals surface area contributed by atoms with Gasteiger partial charge in [-0.05, 0) is 79.1 Å². The van der Waals surface area contributed by atoms with Gasteiger partial charge < -0.3 is 4.90 Å². The molecule has 1 heterocycles. The van der Waals surface area contributed by atoms with Gasteiger partial charge in [0.15, 0.2) is 5.69 Å². The molecule has 43 heavy (non-hydrogen) atoms. The standard InChI is InChI=1S/C34H35Cl2N3O3S/c1-5-18-34(2)21-30(25-8-6-9-27(36)19-25)32(24-14-16-26(35)17-15-24)39(33(34)40)31(23-12-13-23)22-38(43(4,41)42)29-11-7-10-28(20-29)37-3/h5-11,14-17,19-20,23,30-32H,1,12-13,18,21-22H2,2,4H3/t30?,31-,32-,34+/m1/s1. The highest BCUT2D eigenvalue weighted by atomic mass is 35.5. The van der Waals surface area contributed by atoms with Gasteiger partial charge in [0.2, 0.25) is 15.9 Å². The van der Waals surface area contributed by atoms with E-state index < -0.39 is 21.5 Å². The topological polar surface area (TPSA) is 62.1 Å². The second-order valence-electron chi connectivity index (χ2n) is 12.0. The van der Waals surface area contributed by atoms with E-state index in [-0.39, 0.29) is 30.3 Å². The molecule has 1 amide bonds. The molecule has 1 saturated carbocycles. The molecule has 1 unspecified atom stereocenters. The first kappa shape index (κ1) is 31.1. The van der Waals surface area contributed by atoms with E-state index in [2.05, 4.69) is 11.4 Å². The number of carbonyl (C=O) groups is 1. The molecule has 1 aliphatic carbocycles. The second kappa shape index (κ2) is 12.4. The van der Waals surface area contributed by atoms with Crippen LogP contribution >= 0.6 is 23.2 Å². The van der Waals surface area contributed by atoms with Crippen molar-refractivity contribution in [3.63, 3.8) is 0 Å². The number of hydrogen-bond acceptors (Lipinski definition) is 3.